The summed E-state index contributed by atoms with van der Waals surface area (Å²) in [5, 5.41) is 16.5. The molecule has 2 atom stereocenters. The SMILES string of the molecule is CNNc1nc(N2CCN(C3CCN(Cc4ccc(Cl)c(OCCS(C)(=O)=O)c4)CC3)C3(CC3C)C2)c(Cl)nc1C(=N)OC(C)=N. The molecule has 0 bridgehead atoms. The van der Waals surface area contributed by atoms with Crippen LogP contribution in [0.3, 0.4) is 0 Å². The van der Waals surface area contributed by atoms with Gasteiger partial charge in [-0.3, -0.25) is 20.6 Å². The van der Waals surface area contributed by atoms with Crippen molar-refractivity contribution in [2.45, 2.75) is 51.2 Å². The number of hydrogen-bond donors (Lipinski definition) is 4. The maximum Gasteiger partial charge on any atom is 0.243 e. The lowest BCUT2D eigenvalue weighted by atomic mass is 9.96. The molecule has 1 aromatic heterocycles. The first kappa shape index (κ1) is 34.6. The molecule has 252 valence electrons. The number of benzene rings is 1. The molecule has 0 amide bonds. The number of anilines is 2. The van der Waals surface area contributed by atoms with Crippen molar-refractivity contribution in [2.75, 3.05) is 68.7 Å². The van der Waals surface area contributed by atoms with Crippen LogP contribution in [0, 0.1) is 16.7 Å². The van der Waals surface area contributed by atoms with E-state index in [1.165, 1.54) is 13.2 Å². The first-order chi connectivity index (χ1) is 21.8. The molecule has 2 aliphatic heterocycles. The Morgan fingerprint density at radius 3 is 2.50 bits per heavy atom. The minimum absolute atomic E-state index is 0.0485. The standard InChI is InChI=1S/C30H43Cl2N9O4S/c1-19-16-30(19)18-40(29-26(32)36-25(27(34)45-20(2)33)28(37-29)38-35-3)11-12-41(30)22-7-9-39(10-8-22)17-21-5-6-23(31)24(15-21)44-13-14-46(4,42)43/h5-6,15,19,22,33-35H,7-14,16-18H2,1-4H3,(H,37,38). The first-order valence-electron chi connectivity index (χ1n) is 15.4. The molecule has 16 heteroatoms. The van der Waals surface area contributed by atoms with Crippen LogP contribution in [0.2, 0.25) is 10.2 Å². The third-order valence-electron chi connectivity index (χ3n) is 9.03. The van der Waals surface area contributed by atoms with E-state index in [2.05, 4.69) is 37.5 Å². The zero-order valence-electron chi connectivity index (χ0n) is 26.7. The van der Waals surface area contributed by atoms with Crippen LogP contribution in [0.25, 0.3) is 0 Å². The van der Waals surface area contributed by atoms with Crippen LogP contribution in [-0.2, 0) is 21.1 Å². The van der Waals surface area contributed by atoms with Gasteiger partial charge in [0.1, 0.15) is 12.4 Å². The molecule has 46 heavy (non-hydrogen) atoms. The number of hydrogen-bond acceptors (Lipinski definition) is 13. The lowest BCUT2D eigenvalue weighted by molar-refractivity contribution is 0.0452. The number of nitrogens with one attached hydrogen (secondary N) is 4. The topological polar surface area (TPSA) is 160 Å². The molecule has 3 aliphatic rings. The van der Waals surface area contributed by atoms with Gasteiger partial charge in [0.25, 0.3) is 0 Å². The van der Waals surface area contributed by atoms with Gasteiger partial charge in [-0.1, -0.05) is 36.2 Å². The van der Waals surface area contributed by atoms with E-state index >= 15 is 0 Å². The Bertz CT molecular complexity index is 1570. The average Bonchev–Trinajstić information content (AvgIpc) is 3.62. The van der Waals surface area contributed by atoms with Crippen molar-refractivity contribution in [2.24, 2.45) is 5.92 Å². The second-order valence-electron chi connectivity index (χ2n) is 12.5. The highest BCUT2D eigenvalue weighted by Gasteiger charge is 2.59. The van der Waals surface area contributed by atoms with Gasteiger partial charge in [0.15, 0.2) is 38.2 Å². The molecule has 4 N–H and O–H groups in total. The predicted octanol–water partition coefficient (Wildman–Crippen LogP) is 3.66. The molecule has 1 aliphatic carbocycles. The fraction of sp³-hybridized carbons (Fsp3) is 0.600. The second kappa shape index (κ2) is 14.2. The average molecular weight is 697 g/mol. The minimum Gasteiger partial charge on any atom is -0.491 e. The number of sulfone groups is 1. The summed E-state index contributed by atoms with van der Waals surface area (Å²) in [5.41, 5.74) is 7.04. The Hall–Kier alpha value is -2.75. The number of halogens is 2. The summed E-state index contributed by atoms with van der Waals surface area (Å²) in [5.74, 6) is 1.46. The lowest BCUT2D eigenvalue weighted by Gasteiger charge is -2.49. The molecule has 5 rings (SSSR count). The molecular weight excluding hydrogens is 653 g/mol. The van der Waals surface area contributed by atoms with Gasteiger partial charge in [0.05, 0.1) is 10.8 Å². The van der Waals surface area contributed by atoms with Crippen molar-refractivity contribution in [3.05, 3.63) is 39.6 Å². The van der Waals surface area contributed by atoms with Crippen molar-refractivity contribution in [3.63, 3.8) is 0 Å². The molecule has 1 aromatic carbocycles. The van der Waals surface area contributed by atoms with Crippen molar-refractivity contribution < 1.29 is 17.9 Å². The van der Waals surface area contributed by atoms with E-state index in [0.717, 1.165) is 64.1 Å². The third kappa shape index (κ3) is 8.03. The second-order valence-corrected chi connectivity index (χ2v) is 15.5. The van der Waals surface area contributed by atoms with Gasteiger partial charge in [0.2, 0.25) is 5.90 Å². The smallest absolute Gasteiger partial charge is 0.243 e. The lowest BCUT2D eigenvalue weighted by Crippen LogP contribution is -2.61. The zero-order valence-corrected chi connectivity index (χ0v) is 29.0. The molecule has 3 heterocycles. The van der Waals surface area contributed by atoms with Gasteiger partial charge in [-0.05, 0) is 56.0 Å². The summed E-state index contributed by atoms with van der Waals surface area (Å²) in [6.45, 7) is 8.99. The summed E-state index contributed by atoms with van der Waals surface area (Å²) in [7, 11) is -1.41. The highest BCUT2D eigenvalue weighted by atomic mass is 35.5. The maximum atomic E-state index is 11.5. The first-order valence-corrected chi connectivity index (χ1v) is 18.3. The molecule has 1 spiro atoms. The number of aromatic nitrogens is 2. The summed E-state index contributed by atoms with van der Waals surface area (Å²) < 4.78 is 33.8. The highest BCUT2D eigenvalue weighted by Crippen LogP contribution is 2.52. The molecule has 2 saturated heterocycles. The Morgan fingerprint density at radius 2 is 1.87 bits per heavy atom. The van der Waals surface area contributed by atoms with Crippen LogP contribution in [0.15, 0.2) is 18.2 Å². The van der Waals surface area contributed by atoms with Crippen LogP contribution in [0.1, 0.15) is 44.4 Å². The highest BCUT2D eigenvalue weighted by molar-refractivity contribution is 7.90. The number of likely N-dealkylation sites (tertiary alicyclic amines) is 1. The summed E-state index contributed by atoms with van der Waals surface area (Å²) in [6.07, 6.45) is 4.44. The van der Waals surface area contributed by atoms with Gasteiger partial charge in [-0.15, -0.1) is 0 Å². The Morgan fingerprint density at radius 1 is 1.15 bits per heavy atom. The van der Waals surface area contributed by atoms with E-state index in [1.54, 1.807) is 7.05 Å². The van der Waals surface area contributed by atoms with Crippen molar-refractivity contribution in [1.82, 2.24) is 25.2 Å². The van der Waals surface area contributed by atoms with E-state index in [4.69, 9.17) is 48.5 Å². The van der Waals surface area contributed by atoms with Gasteiger partial charge >= 0.3 is 0 Å². The van der Waals surface area contributed by atoms with E-state index in [0.29, 0.717) is 34.4 Å². The van der Waals surface area contributed by atoms with Crippen LogP contribution in [-0.4, -0.2) is 110 Å². The van der Waals surface area contributed by atoms with Gasteiger partial charge in [0, 0.05) is 58.0 Å². The molecule has 0 radical (unpaired) electrons. The number of piperidine rings is 1. The molecule has 3 fully saturated rings. The quantitative estimate of drug-likeness (QED) is 0.154. The van der Waals surface area contributed by atoms with Crippen molar-refractivity contribution in [3.8, 4) is 5.75 Å². The zero-order chi connectivity index (χ0) is 33.2. The fourth-order valence-corrected chi connectivity index (χ4v) is 7.45. The minimum atomic E-state index is -3.11. The summed E-state index contributed by atoms with van der Waals surface area (Å²) in [6, 6.07) is 6.21. The van der Waals surface area contributed by atoms with E-state index in [1.807, 2.05) is 18.2 Å². The van der Waals surface area contributed by atoms with Crippen molar-refractivity contribution in [1.29, 1.82) is 10.8 Å². The predicted molar refractivity (Wildman–Crippen MR) is 181 cm³/mol. The summed E-state index contributed by atoms with van der Waals surface area (Å²) in [4.78, 5) is 16.6. The van der Waals surface area contributed by atoms with Gasteiger partial charge < -0.3 is 19.8 Å². The van der Waals surface area contributed by atoms with Gasteiger partial charge in [-0.25, -0.2) is 23.8 Å². The van der Waals surface area contributed by atoms with Gasteiger partial charge in [-0.2, -0.15) is 0 Å². The van der Waals surface area contributed by atoms with E-state index < -0.39 is 9.84 Å². The monoisotopic (exact) mass is 695 g/mol. The molecule has 1 saturated carbocycles. The molecule has 13 nitrogen and oxygen atoms in total. The third-order valence-corrected chi connectivity index (χ3v) is 10.5. The Kier molecular flexibility index (Phi) is 10.6. The normalized spacial score (nSPS) is 22.6. The van der Waals surface area contributed by atoms with Crippen LogP contribution in [0.5, 0.6) is 5.75 Å². The van der Waals surface area contributed by atoms with Crippen molar-refractivity contribution >= 4 is 56.5 Å². The van der Waals surface area contributed by atoms with E-state index in [9.17, 15) is 8.42 Å². The Balaban J connectivity index is 1.21. The largest absolute Gasteiger partial charge is 0.491 e. The maximum absolute atomic E-state index is 11.5. The van der Waals surface area contributed by atoms with Crippen LogP contribution in [0.4, 0.5) is 11.6 Å². The Labute approximate surface area is 280 Å². The number of rotatable bonds is 11. The molecule has 2 unspecified atom stereocenters. The fourth-order valence-electron chi connectivity index (χ4n) is 6.65. The van der Waals surface area contributed by atoms with Crippen LogP contribution < -0.4 is 20.5 Å². The van der Waals surface area contributed by atoms with E-state index in [-0.39, 0.29) is 40.5 Å². The van der Waals surface area contributed by atoms with Crippen LogP contribution >= 0.6 is 23.2 Å². The molecule has 2 aromatic rings. The molecular formula is C30H43Cl2N9O4S. The number of ether oxygens (including phenoxy) is 2. The number of hydrazine groups is 1. The number of piperazine rings is 1. The number of nitrogens with zero attached hydrogens (tertiary/aromatic N) is 5. The summed E-state index contributed by atoms with van der Waals surface area (Å²) >= 11 is 13.0.